The van der Waals surface area contributed by atoms with Crippen molar-refractivity contribution in [3.05, 3.63) is 35.9 Å². The van der Waals surface area contributed by atoms with Crippen molar-refractivity contribution < 1.29 is 9.59 Å². The average Bonchev–Trinajstić information content (AvgIpc) is 3.10. The molecule has 1 aromatic rings. The average molecular weight is 301 g/mol. The molecule has 3 rings (SSSR count). The highest BCUT2D eigenvalue weighted by molar-refractivity contribution is 5.85. The molecule has 0 radical (unpaired) electrons. The molecule has 3 N–H and O–H groups in total. The maximum Gasteiger partial charge on any atom is 0.237 e. The number of rotatable bonds is 5. The second-order valence-electron chi connectivity index (χ2n) is 6.53. The third kappa shape index (κ3) is 3.30. The van der Waals surface area contributed by atoms with Gasteiger partial charge in [-0.25, -0.2) is 0 Å². The summed E-state index contributed by atoms with van der Waals surface area (Å²) in [7, 11) is 0. The molecule has 4 atom stereocenters. The number of amides is 2. The quantitative estimate of drug-likeness (QED) is 0.840. The monoisotopic (exact) mass is 301 g/mol. The van der Waals surface area contributed by atoms with Crippen LogP contribution in [-0.2, 0) is 16.0 Å². The van der Waals surface area contributed by atoms with Gasteiger partial charge in [0.1, 0.15) is 0 Å². The predicted molar refractivity (Wildman–Crippen MR) is 84.0 cm³/mol. The van der Waals surface area contributed by atoms with Gasteiger partial charge in [0.2, 0.25) is 11.8 Å². The van der Waals surface area contributed by atoms with Gasteiger partial charge in [-0.2, -0.15) is 0 Å². The van der Waals surface area contributed by atoms with Gasteiger partial charge >= 0.3 is 0 Å². The van der Waals surface area contributed by atoms with Crippen LogP contribution in [0.5, 0.6) is 0 Å². The van der Waals surface area contributed by atoms with E-state index in [2.05, 4.69) is 12.2 Å². The first-order valence-electron chi connectivity index (χ1n) is 7.94. The standard InChI is InChI=1S/C17H23N3O2/c1-11-7-15(11)20-10-13(9-16(20)21)19-17(22)14(18)8-12-5-3-2-4-6-12/h2-6,11,13-15H,7-10,18H2,1H3,(H,19,22)/t11-,13-,14-,15+/m1/s1. The highest BCUT2D eigenvalue weighted by Crippen LogP contribution is 2.37. The van der Waals surface area contributed by atoms with E-state index in [-0.39, 0.29) is 17.9 Å². The summed E-state index contributed by atoms with van der Waals surface area (Å²) in [6.45, 7) is 2.78. The molecule has 1 saturated heterocycles. The van der Waals surface area contributed by atoms with Crippen LogP contribution in [0.3, 0.4) is 0 Å². The van der Waals surface area contributed by atoms with Crippen LogP contribution in [0, 0.1) is 5.92 Å². The molecule has 0 unspecified atom stereocenters. The number of carbonyl (C=O) groups excluding carboxylic acids is 2. The Hall–Kier alpha value is -1.88. The fourth-order valence-corrected chi connectivity index (χ4v) is 3.15. The lowest BCUT2D eigenvalue weighted by molar-refractivity contribution is -0.128. The zero-order valence-corrected chi connectivity index (χ0v) is 12.9. The van der Waals surface area contributed by atoms with Gasteiger partial charge in [-0.1, -0.05) is 37.3 Å². The van der Waals surface area contributed by atoms with Crippen LogP contribution in [0.2, 0.25) is 0 Å². The van der Waals surface area contributed by atoms with E-state index in [0.717, 1.165) is 12.0 Å². The summed E-state index contributed by atoms with van der Waals surface area (Å²) in [4.78, 5) is 26.1. The molecule has 2 amide bonds. The van der Waals surface area contributed by atoms with E-state index >= 15 is 0 Å². The number of nitrogens with zero attached hydrogens (tertiary/aromatic N) is 1. The molecule has 5 nitrogen and oxygen atoms in total. The maximum absolute atomic E-state index is 12.2. The van der Waals surface area contributed by atoms with Crippen molar-refractivity contribution in [3.8, 4) is 0 Å². The highest BCUT2D eigenvalue weighted by atomic mass is 16.2. The summed E-state index contributed by atoms with van der Waals surface area (Å²) in [5, 5.41) is 2.93. The van der Waals surface area contributed by atoms with Gasteiger partial charge in [0.25, 0.3) is 0 Å². The molecule has 2 fully saturated rings. The van der Waals surface area contributed by atoms with E-state index in [9.17, 15) is 9.59 Å². The van der Waals surface area contributed by atoms with Gasteiger partial charge in [0.05, 0.1) is 12.1 Å². The fourth-order valence-electron chi connectivity index (χ4n) is 3.15. The first kappa shape index (κ1) is 15.0. The first-order valence-corrected chi connectivity index (χ1v) is 7.94. The minimum Gasteiger partial charge on any atom is -0.350 e. The van der Waals surface area contributed by atoms with Crippen molar-refractivity contribution in [1.82, 2.24) is 10.2 Å². The highest BCUT2D eigenvalue weighted by Gasteiger charge is 2.44. The Kier molecular flexibility index (Phi) is 4.16. The van der Waals surface area contributed by atoms with Gasteiger partial charge in [0.15, 0.2) is 0 Å². The Morgan fingerprint density at radius 1 is 1.41 bits per heavy atom. The summed E-state index contributed by atoms with van der Waals surface area (Å²) in [6.07, 6.45) is 1.99. The Morgan fingerprint density at radius 3 is 2.73 bits per heavy atom. The third-order valence-electron chi connectivity index (χ3n) is 4.61. The van der Waals surface area contributed by atoms with E-state index < -0.39 is 6.04 Å². The number of hydrogen-bond acceptors (Lipinski definition) is 3. The van der Waals surface area contributed by atoms with E-state index in [0.29, 0.717) is 31.3 Å². The molecule has 0 bridgehead atoms. The molecule has 1 aliphatic carbocycles. The molecule has 22 heavy (non-hydrogen) atoms. The Balaban J connectivity index is 1.50. The molecule has 1 heterocycles. The predicted octanol–water partition coefficient (Wildman–Crippen LogP) is 0.682. The Labute approximate surface area is 130 Å². The van der Waals surface area contributed by atoms with Gasteiger partial charge in [0, 0.05) is 19.0 Å². The fraction of sp³-hybridized carbons (Fsp3) is 0.529. The van der Waals surface area contributed by atoms with Crippen molar-refractivity contribution in [3.63, 3.8) is 0 Å². The first-order chi connectivity index (χ1) is 10.5. The van der Waals surface area contributed by atoms with E-state index in [1.165, 1.54) is 0 Å². The Morgan fingerprint density at radius 2 is 2.09 bits per heavy atom. The molecule has 5 heteroatoms. The van der Waals surface area contributed by atoms with Crippen LogP contribution in [0.25, 0.3) is 0 Å². The van der Waals surface area contributed by atoms with Crippen LogP contribution in [0.15, 0.2) is 30.3 Å². The van der Waals surface area contributed by atoms with Gasteiger partial charge in [-0.3, -0.25) is 9.59 Å². The van der Waals surface area contributed by atoms with Gasteiger partial charge in [-0.15, -0.1) is 0 Å². The molecule has 1 saturated carbocycles. The van der Waals surface area contributed by atoms with Crippen molar-refractivity contribution in [2.45, 2.75) is 44.3 Å². The smallest absolute Gasteiger partial charge is 0.237 e. The largest absolute Gasteiger partial charge is 0.350 e. The molecule has 0 spiro atoms. The molecule has 1 aromatic carbocycles. The van der Waals surface area contributed by atoms with Crippen LogP contribution in [0.1, 0.15) is 25.3 Å². The second kappa shape index (κ2) is 6.08. The lowest BCUT2D eigenvalue weighted by atomic mass is 10.1. The van der Waals surface area contributed by atoms with E-state index in [1.54, 1.807) is 0 Å². The number of nitrogens with one attached hydrogen (secondary N) is 1. The summed E-state index contributed by atoms with van der Waals surface area (Å²) >= 11 is 0. The van der Waals surface area contributed by atoms with Gasteiger partial charge < -0.3 is 16.0 Å². The van der Waals surface area contributed by atoms with Crippen LogP contribution in [0.4, 0.5) is 0 Å². The summed E-state index contributed by atoms with van der Waals surface area (Å²) in [5.74, 6) is 0.572. The number of hydrogen-bond donors (Lipinski definition) is 2. The molecular formula is C17H23N3O2. The zero-order valence-electron chi connectivity index (χ0n) is 12.9. The summed E-state index contributed by atoms with van der Waals surface area (Å²) in [6, 6.07) is 9.43. The van der Waals surface area contributed by atoms with Crippen LogP contribution < -0.4 is 11.1 Å². The normalized spacial score (nSPS) is 28.5. The van der Waals surface area contributed by atoms with Crippen molar-refractivity contribution in [1.29, 1.82) is 0 Å². The zero-order chi connectivity index (χ0) is 15.7. The summed E-state index contributed by atoms with van der Waals surface area (Å²) < 4.78 is 0. The lowest BCUT2D eigenvalue weighted by Gasteiger charge is -2.18. The Bertz CT molecular complexity index is 560. The van der Waals surface area contributed by atoms with E-state index in [1.807, 2.05) is 35.2 Å². The molecular weight excluding hydrogens is 278 g/mol. The minimum absolute atomic E-state index is 0.102. The number of benzene rings is 1. The van der Waals surface area contributed by atoms with Crippen LogP contribution >= 0.6 is 0 Å². The molecule has 118 valence electrons. The van der Waals surface area contributed by atoms with Crippen molar-refractivity contribution in [2.24, 2.45) is 11.7 Å². The molecule has 0 aromatic heterocycles. The van der Waals surface area contributed by atoms with Crippen molar-refractivity contribution in [2.75, 3.05) is 6.54 Å². The minimum atomic E-state index is -0.577. The van der Waals surface area contributed by atoms with Gasteiger partial charge in [-0.05, 0) is 24.3 Å². The topological polar surface area (TPSA) is 75.4 Å². The van der Waals surface area contributed by atoms with Crippen molar-refractivity contribution >= 4 is 11.8 Å². The SMILES string of the molecule is C[C@@H]1C[C@@H]1N1C[C@H](NC(=O)[C@H](N)Cc2ccccc2)CC1=O. The number of likely N-dealkylation sites (tertiary alicyclic amines) is 1. The van der Waals surface area contributed by atoms with Crippen LogP contribution in [-0.4, -0.2) is 41.4 Å². The lowest BCUT2D eigenvalue weighted by Crippen LogP contribution is -2.47. The molecule has 2 aliphatic rings. The second-order valence-corrected chi connectivity index (χ2v) is 6.53. The van der Waals surface area contributed by atoms with E-state index in [4.69, 9.17) is 5.73 Å². The summed E-state index contributed by atoms with van der Waals surface area (Å²) in [5.41, 5.74) is 7.02. The number of carbonyl (C=O) groups is 2. The third-order valence-corrected chi connectivity index (χ3v) is 4.61. The molecule has 1 aliphatic heterocycles. The maximum atomic E-state index is 12.2. The number of nitrogens with two attached hydrogens (primary N) is 1.